The van der Waals surface area contributed by atoms with Crippen molar-refractivity contribution in [1.82, 2.24) is 9.55 Å². The Bertz CT molecular complexity index is 570. The van der Waals surface area contributed by atoms with Crippen molar-refractivity contribution in [2.75, 3.05) is 0 Å². The fourth-order valence-corrected chi connectivity index (χ4v) is 1.62. The number of nitrogens with zero attached hydrogens (tertiary/aromatic N) is 2. The molecule has 2 heterocycles. The minimum atomic E-state index is -0.505. The van der Waals surface area contributed by atoms with Crippen molar-refractivity contribution in [3.63, 3.8) is 0 Å². The summed E-state index contributed by atoms with van der Waals surface area (Å²) in [4.78, 5) is 16.2. The normalized spacial score (nSPS) is 11.1. The fourth-order valence-electron chi connectivity index (χ4n) is 1.62. The number of hydrogen-bond donors (Lipinski definition) is 0. The van der Waals surface area contributed by atoms with Gasteiger partial charge < -0.3 is 14.1 Å². The maximum Gasteiger partial charge on any atom is 1.00 e. The van der Waals surface area contributed by atoms with Gasteiger partial charge in [-0.15, -0.1) is 6.07 Å². The molecule has 2 rings (SSSR count). The van der Waals surface area contributed by atoms with Gasteiger partial charge in [0.2, 0.25) is 0 Å². The Morgan fingerprint density at radius 2 is 2.11 bits per heavy atom. The van der Waals surface area contributed by atoms with Crippen LogP contribution in [0.5, 0.6) is 0 Å². The summed E-state index contributed by atoms with van der Waals surface area (Å²) in [5, 5.41) is 0.768. The van der Waals surface area contributed by atoms with Gasteiger partial charge in [-0.3, -0.25) is 4.98 Å². The second kappa shape index (κ2) is 5.17. The minimum Gasteiger partial charge on any atom is -0.500 e. The summed E-state index contributed by atoms with van der Waals surface area (Å²) in [7, 11) is 1.81. The Morgan fingerprint density at radius 1 is 1.44 bits per heavy atom. The first-order valence-corrected chi connectivity index (χ1v) is 5.44. The second-order valence-corrected chi connectivity index (χ2v) is 4.92. The summed E-state index contributed by atoms with van der Waals surface area (Å²) >= 11 is 0. The third kappa shape index (κ3) is 2.95. The zero-order valence-corrected chi connectivity index (χ0v) is 11.4. The van der Waals surface area contributed by atoms with Crippen LogP contribution in [0.3, 0.4) is 0 Å². The molecule has 0 N–H and O–H groups in total. The van der Waals surface area contributed by atoms with Gasteiger partial charge in [0.05, 0.1) is 5.60 Å². The molecule has 0 aromatic carbocycles. The largest absolute Gasteiger partial charge is 1.00 e. The number of hydrogen-bond acceptors (Lipinski definition) is 3. The van der Waals surface area contributed by atoms with E-state index in [4.69, 9.17) is 4.74 Å². The summed E-state index contributed by atoms with van der Waals surface area (Å²) in [5.74, 6) is -0.365. The third-order valence-corrected chi connectivity index (χ3v) is 2.26. The topological polar surface area (TPSA) is 44.1 Å². The summed E-state index contributed by atoms with van der Waals surface area (Å²) in [6.45, 7) is 5.52. The Morgan fingerprint density at radius 3 is 2.72 bits per heavy atom. The molecule has 2 aromatic rings. The van der Waals surface area contributed by atoms with Gasteiger partial charge in [-0.25, -0.2) is 0 Å². The number of ether oxygens (including phenoxy) is 1. The zero-order valence-electron chi connectivity index (χ0n) is 11.4. The molecule has 0 aliphatic heterocycles. The molecule has 0 saturated heterocycles. The predicted octanol–water partition coefficient (Wildman–Crippen LogP) is -0.667. The Hall–Kier alpha value is -1.24. The number of aromatic nitrogens is 2. The molecule has 0 aliphatic carbocycles. The van der Waals surface area contributed by atoms with Crippen molar-refractivity contribution >= 4 is 17.0 Å². The molecule has 90 valence electrons. The zero-order chi connectivity index (χ0) is 12.6. The van der Waals surface area contributed by atoms with Crippen LogP contribution in [0, 0.1) is 6.20 Å². The van der Waals surface area contributed by atoms with Gasteiger partial charge in [0, 0.05) is 11.8 Å². The van der Waals surface area contributed by atoms with Gasteiger partial charge in [-0.05, 0) is 33.4 Å². The van der Waals surface area contributed by atoms with Gasteiger partial charge in [0.1, 0.15) is 0 Å². The Kier molecular flexibility index (Phi) is 4.26. The van der Waals surface area contributed by atoms with E-state index in [0.29, 0.717) is 5.56 Å². The van der Waals surface area contributed by atoms with E-state index in [1.54, 1.807) is 16.8 Å². The maximum atomic E-state index is 12.0. The van der Waals surface area contributed by atoms with Gasteiger partial charge in [0.25, 0.3) is 5.97 Å². The van der Waals surface area contributed by atoms with Crippen LogP contribution in [0.4, 0.5) is 0 Å². The van der Waals surface area contributed by atoms with E-state index in [0.717, 1.165) is 11.0 Å². The van der Waals surface area contributed by atoms with E-state index in [1.807, 2.05) is 33.9 Å². The van der Waals surface area contributed by atoms with Crippen LogP contribution in [0.25, 0.3) is 11.0 Å². The summed E-state index contributed by atoms with van der Waals surface area (Å²) < 4.78 is 7.04. The average molecular weight is 238 g/mol. The predicted molar refractivity (Wildman–Crippen MR) is 64.7 cm³/mol. The first-order valence-electron chi connectivity index (χ1n) is 5.44. The molecule has 0 unspecified atom stereocenters. The molecule has 0 fully saturated rings. The van der Waals surface area contributed by atoms with Crippen molar-refractivity contribution in [3.05, 3.63) is 30.1 Å². The molecular weight excluding hydrogens is 223 g/mol. The monoisotopic (exact) mass is 238 g/mol. The van der Waals surface area contributed by atoms with E-state index in [-0.39, 0.29) is 24.8 Å². The number of esters is 1. The third-order valence-electron chi connectivity index (χ3n) is 2.26. The van der Waals surface area contributed by atoms with Crippen molar-refractivity contribution < 1.29 is 28.4 Å². The second-order valence-electron chi connectivity index (χ2n) is 4.92. The standard InChI is InChI=1S/C13H15N2O2.Li/c1-13(2,3)17-12(16)10-8-15(4)11-9(10)6-5-7-14-11;/h5-7H,1-4H3;/q-1;+1. The molecule has 2 aromatic heterocycles. The molecule has 18 heavy (non-hydrogen) atoms. The van der Waals surface area contributed by atoms with Gasteiger partial charge in [0.15, 0.2) is 0 Å². The van der Waals surface area contributed by atoms with Crippen LogP contribution >= 0.6 is 0 Å². The van der Waals surface area contributed by atoms with E-state index in [2.05, 4.69) is 11.2 Å². The van der Waals surface area contributed by atoms with Crippen LogP contribution in [-0.2, 0) is 11.8 Å². The first kappa shape index (κ1) is 14.8. The van der Waals surface area contributed by atoms with Crippen LogP contribution in [0.15, 0.2) is 18.3 Å². The number of carbonyl (C=O) groups is 1. The van der Waals surface area contributed by atoms with E-state index in [1.165, 1.54) is 0 Å². The number of fused-ring (bicyclic) bond motifs is 1. The summed E-state index contributed by atoms with van der Waals surface area (Å²) in [5.41, 5.74) is 0.661. The fraction of sp³-hybridized carbons (Fsp3) is 0.385. The van der Waals surface area contributed by atoms with Crippen molar-refractivity contribution in [2.45, 2.75) is 26.4 Å². The average Bonchev–Trinajstić information content (AvgIpc) is 2.55. The first-order chi connectivity index (χ1) is 7.88. The van der Waals surface area contributed by atoms with E-state index < -0.39 is 5.60 Å². The van der Waals surface area contributed by atoms with Gasteiger partial charge in [-0.1, -0.05) is 17.6 Å². The van der Waals surface area contributed by atoms with Crippen molar-refractivity contribution in [2.24, 2.45) is 7.05 Å². The molecular formula is C13H15LiN2O2. The number of rotatable bonds is 1. The maximum absolute atomic E-state index is 12.0. The molecule has 0 bridgehead atoms. The Balaban J connectivity index is 0.00000162. The molecule has 0 aliphatic rings. The van der Waals surface area contributed by atoms with Gasteiger partial charge >= 0.3 is 18.9 Å². The quantitative estimate of drug-likeness (QED) is 0.376. The van der Waals surface area contributed by atoms with E-state index >= 15 is 0 Å². The molecule has 0 spiro atoms. The molecule has 5 heteroatoms. The number of carbonyl (C=O) groups excluding carboxylic acids is 1. The van der Waals surface area contributed by atoms with Crippen LogP contribution in [-0.4, -0.2) is 21.1 Å². The summed E-state index contributed by atoms with van der Waals surface area (Å²) in [6.07, 6.45) is 4.64. The van der Waals surface area contributed by atoms with Crippen molar-refractivity contribution in [1.29, 1.82) is 0 Å². The summed E-state index contributed by atoms with van der Waals surface area (Å²) in [6, 6.07) is 3.64. The molecule has 0 saturated carbocycles. The van der Waals surface area contributed by atoms with Crippen LogP contribution in [0.1, 0.15) is 31.1 Å². The smallest absolute Gasteiger partial charge is 0.500 e. The van der Waals surface area contributed by atoms with Crippen LogP contribution in [0.2, 0.25) is 0 Å². The van der Waals surface area contributed by atoms with Crippen molar-refractivity contribution in [3.8, 4) is 0 Å². The molecule has 0 atom stereocenters. The van der Waals surface area contributed by atoms with Gasteiger partial charge in [-0.2, -0.15) is 0 Å². The minimum absolute atomic E-state index is 0. The van der Waals surface area contributed by atoms with E-state index in [9.17, 15) is 4.79 Å². The number of pyridine rings is 1. The molecule has 0 radical (unpaired) electrons. The molecule has 0 amide bonds. The Labute approximate surface area is 119 Å². The SMILES string of the molecule is Cn1[c-]c(C(=O)OC(C)(C)C)c2cccnc21.[Li+]. The number of aryl methyl sites for hydroxylation is 1. The van der Waals surface area contributed by atoms with Crippen LogP contribution < -0.4 is 18.9 Å². The molecule has 4 nitrogen and oxygen atoms in total.